The lowest BCUT2D eigenvalue weighted by molar-refractivity contribution is -0.124. The molecule has 0 aromatic heterocycles. The van der Waals surface area contributed by atoms with Crippen molar-refractivity contribution in [2.24, 2.45) is 11.7 Å². The molecule has 0 aliphatic heterocycles. The van der Waals surface area contributed by atoms with Crippen molar-refractivity contribution in [3.63, 3.8) is 0 Å². The molecule has 0 aliphatic carbocycles. The van der Waals surface area contributed by atoms with Gasteiger partial charge >= 0.3 is 0 Å². The fraction of sp³-hybridized carbons (Fsp3) is 0.481. The molecular weight excluding hydrogens is 414 g/mol. The first-order chi connectivity index (χ1) is 15.9. The Bertz CT molecular complexity index is 839. The van der Waals surface area contributed by atoms with Crippen molar-refractivity contribution in [2.45, 2.75) is 65.0 Å². The average molecular weight is 454 g/mol. The second kappa shape index (κ2) is 14.3. The van der Waals surface area contributed by atoms with E-state index in [0.717, 1.165) is 36.1 Å². The van der Waals surface area contributed by atoms with E-state index in [1.54, 1.807) is 0 Å². The maximum Gasteiger partial charge on any atom is 0.236 e. The highest BCUT2D eigenvalue weighted by molar-refractivity contribution is 5.82. The molecule has 3 atom stereocenters. The van der Waals surface area contributed by atoms with Gasteiger partial charge in [0, 0.05) is 6.54 Å². The van der Waals surface area contributed by atoms with E-state index in [0.29, 0.717) is 18.9 Å². The Labute approximate surface area is 198 Å². The SMILES string of the molecule is CCCC(C)COc1ccc(C(CNC(=O)C(N)CCC)NC(=O)Cc2ccccc2)cc1. The topological polar surface area (TPSA) is 93.4 Å². The number of amides is 2. The number of ether oxygens (including phenoxy) is 1. The third-order valence-electron chi connectivity index (χ3n) is 5.56. The Morgan fingerprint density at radius 3 is 2.27 bits per heavy atom. The molecule has 2 aromatic carbocycles. The molecule has 0 saturated carbocycles. The molecule has 0 spiro atoms. The Morgan fingerprint density at radius 1 is 0.970 bits per heavy atom. The van der Waals surface area contributed by atoms with Gasteiger partial charge in [0.05, 0.1) is 25.1 Å². The maximum atomic E-state index is 12.7. The molecule has 2 amide bonds. The number of hydrogen-bond acceptors (Lipinski definition) is 4. The highest BCUT2D eigenvalue weighted by Gasteiger charge is 2.19. The molecule has 33 heavy (non-hydrogen) atoms. The standard InChI is InChI=1S/C27H39N3O3/c1-4-9-20(3)19-33-23-15-13-22(14-16-23)25(18-29-27(32)24(28)10-5-2)30-26(31)17-21-11-7-6-8-12-21/h6-8,11-16,20,24-25H,4-5,9-10,17-19,28H2,1-3H3,(H,29,32)(H,30,31). The predicted octanol–water partition coefficient (Wildman–Crippen LogP) is 4.15. The van der Waals surface area contributed by atoms with Crippen molar-refractivity contribution >= 4 is 11.8 Å². The van der Waals surface area contributed by atoms with Crippen LogP contribution in [0.4, 0.5) is 0 Å². The summed E-state index contributed by atoms with van der Waals surface area (Å²) in [5, 5.41) is 5.95. The minimum absolute atomic E-state index is 0.105. The van der Waals surface area contributed by atoms with Crippen LogP contribution in [0.2, 0.25) is 0 Å². The Hall–Kier alpha value is -2.86. The molecule has 6 nitrogen and oxygen atoms in total. The highest BCUT2D eigenvalue weighted by Crippen LogP contribution is 2.19. The predicted molar refractivity (Wildman–Crippen MR) is 133 cm³/mol. The van der Waals surface area contributed by atoms with Crippen molar-refractivity contribution in [3.05, 3.63) is 65.7 Å². The monoisotopic (exact) mass is 453 g/mol. The molecular formula is C27H39N3O3. The van der Waals surface area contributed by atoms with Gasteiger partial charge in [0.2, 0.25) is 11.8 Å². The van der Waals surface area contributed by atoms with Gasteiger partial charge in [0.15, 0.2) is 0 Å². The van der Waals surface area contributed by atoms with E-state index >= 15 is 0 Å². The third kappa shape index (κ3) is 9.66. The van der Waals surface area contributed by atoms with Gasteiger partial charge < -0.3 is 21.1 Å². The summed E-state index contributed by atoms with van der Waals surface area (Å²) in [6.07, 6.45) is 4.01. The van der Waals surface area contributed by atoms with E-state index in [9.17, 15) is 9.59 Å². The van der Waals surface area contributed by atoms with Crippen LogP contribution in [0.15, 0.2) is 54.6 Å². The molecule has 0 fully saturated rings. The zero-order valence-electron chi connectivity index (χ0n) is 20.2. The highest BCUT2D eigenvalue weighted by atomic mass is 16.5. The van der Waals surface area contributed by atoms with Crippen molar-refractivity contribution in [1.82, 2.24) is 10.6 Å². The number of benzene rings is 2. The molecule has 4 N–H and O–H groups in total. The largest absolute Gasteiger partial charge is 0.493 e. The van der Waals surface area contributed by atoms with Crippen molar-refractivity contribution in [2.75, 3.05) is 13.2 Å². The second-order valence-electron chi connectivity index (χ2n) is 8.70. The van der Waals surface area contributed by atoms with Crippen LogP contribution in [0, 0.1) is 5.92 Å². The third-order valence-corrected chi connectivity index (χ3v) is 5.56. The summed E-state index contributed by atoms with van der Waals surface area (Å²) >= 11 is 0. The summed E-state index contributed by atoms with van der Waals surface area (Å²) in [4.78, 5) is 25.0. The first-order valence-corrected chi connectivity index (χ1v) is 12.0. The van der Waals surface area contributed by atoms with Crippen LogP contribution in [-0.2, 0) is 16.0 Å². The molecule has 2 aromatic rings. The Morgan fingerprint density at radius 2 is 1.64 bits per heavy atom. The van der Waals surface area contributed by atoms with Gasteiger partial charge in [0.1, 0.15) is 5.75 Å². The average Bonchev–Trinajstić information content (AvgIpc) is 2.81. The lowest BCUT2D eigenvalue weighted by atomic mass is 10.0. The summed E-state index contributed by atoms with van der Waals surface area (Å²) in [5.41, 5.74) is 7.77. The van der Waals surface area contributed by atoms with Gasteiger partial charge in [-0.2, -0.15) is 0 Å². The normalized spacial score (nSPS) is 13.6. The van der Waals surface area contributed by atoms with Crippen LogP contribution in [0.5, 0.6) is 5.75 Å². The summed E-state index contributed by atoms with van der Waals surface area (Å²) in [5.74, 6) is 0.989. The minimum atomic E-state index is -0.545. The lowest BCUT2D eigenvalue weighted by Gasteiger charge is -2.22. The molecule has 180 valence electrons. The molecule has 2 rings (SSSR count). The van der Waals surface area contributed by atoms with Gasteiger partial charge in [-0.1, -0.05) is 76.1 Å². The number of nitrogens with one attached hydrogen (secondary N) is 2. The molecule has 6 heteroatoms. The molecule has 0 radical (unpaired) electrons. The minimum Gasteiger partial charge on any atom is -0.493 e. The number of nitrogens with two attached hydrogens (primary N) is 1. The van der Waals surface area contributed by atoms with Gasteiger partial charge in [0.25, 0.3) is 0 Å². The maximum absolute atomic E-state index is 12.7. The van der Waals surface area contributed by atoms with Gasteiger partial charge in [-0.3, -0.25) is 9.59 Å². The van der Waals surface area contributed by atoms with Gasteiger partial charge in [-0.05, 0) is 42.0 Å². The zero-order chi connectivity index (χ0) is 24.1. The van der Waals surface area contributed by atoms with E-state index in [1.165, 1.54) is 0 Å². The van der Waals surface area contributed by atoms with Crippen LogP contribution < -0.4 is 21.1 Å². The first kappa shape index (κ1) is 26.4. The number of carbonyl (C=O) groups excluding carboxylic acids is 2. The summed E-state index contributed by atoms with van der Waals surface area (Å²) in [6, 6.07) is 16.4. The number of hydrogen-bond donors (Lipinski definition) is 3. The Balaban J connectivity index is 2.05. The van der Waals surface area contributed by atoms with Crippen molar-refractivity contribution in [1.29, 1.82) is 0 Å². The first-order valence-electron chi connectivity index (χ1n) is 12.0. The van der Waals surface area contributed by atoms with E-state index in [1.807, 2.05) is 61.5 Å². The van der Waals surface area contributed by atoms with Crippen molar-refractivity contribution < 1.29 is 14.3 Å². The summed E-state index contributed by atoms with van der Waals surface area (Å²) in [7, 11) is 0. The van der Waals surface area contributed by atoms with E-state index < -0.39 is 6.04 Å². The summed E-state index contributed by atoms with van der Waals surface area (Å²) in [6.45, 7) is 7.29. The summed E-state index contributed by atoms with van der Waals surface area (Å²) < 4.78 is 5.90. The Kier molecular flexibility index (Phi) is 11.5. The van der Waals surface area contributed by atoms with E-state index in [4.69, 9.17) is 10.5 Å². The fourth-order valence-electron chi connectivity index (χ4n) is 3.67. The molecule has 3 unspecified atom stereocenters. The van der Waals surface area contributed by atoms with Crippen LogP contribution >= 0.6 is 0 Å². The van der Waals surface area contributed by atoms with Crippen LogP contribution in [0.1, 0.15) is 63.6 Å². The zero-order valence-corrected chi connectivity index (χ0v) is 20.2. The fourth-order valence-corrected chi connectivity index (χ4v) is 3.67. The van der Waals surface area contributed by atoms with Crippen LogP contribution in [0.3, 0.4) is 0 Å². The molecule has 0 bridgehead atoms. The quantitative estimate of drug-likeness (QED) is 0.401. The molecule has 0 heterocycles. The lowest BCUT2D eigenvalue weighted by Crippen LogP contribution is -2.44. The second-order valence-corrected chi connectivity index (χ2v) is 8.70. The number of carbonyl (C=O) groups is 2. The van der Waals surface area contributed by atoms with E-state index in [-0.39, 0.29) is 30.8 Å². The van der Waals surface area contributed by atoms with Crippen LogP contribution in [-0.4, -0.2) is 31.0 Å². The number of rotatable bonds is 14. The van der Waals surface area contributed by atoms with Crippen LogP contribution in [0.25, 0.3) is 0 Å². The molecule has 0 aliphatic rings. The van der Waals surface area contributed by atoms with Gasteiger partial charge in [-0.25, -0.2) is 0 Å². The van der Waals surface area contributed by atoms with Gasteiger partial charge in [-0.15, -0.1) is 0 Å². The molecule has 0 saturated heterocycles. The van der Waals surface area contributed by atoms with E-state index in [2.05, 4.69) is 24.5 Å². The van der Waals surface area contributed by atoms with Crippen molar-refractivity contribution in [3.8, 4) is 5.75 Å². The smallest absolute Gasteiger partial charge is 0.236 e.